The number of aromatic nitrogens is 5. The molecule has 0 aliphatic carbocycles. The molecule has 1 aromatic carbocycles. The Hall–Kier alpha value is -3.21. The number of carbonyl (C=O) groups is 1. The van der Waals surface area contributed by atoms with Gasteiger partial charge in [0.2, 0.25) is 0 Å². The van der Waals surface area contributed by atoms with Crippen LogP contribution in [0.2, 0.25) is 10.0 Å². The first-order valence-electron chi connectivity index (χ1n) is 9.86. The van der Waals surface area contributed by atoms with Gasteiger partial charge in [0.05, 0.1) is 45.1 Å². The third-order valence-corrected chi connectivity index (χ3v) is 5.79. The van der Waals surface area contributed by atoms with Gasteiger partial charge in [-0.05, 0) is 49.8 Å². The summed E-state index contributed by atoms with van der Waals surface area (Å²) in [5.41, 5.74) is 9.50. The topological polar surface area (TPSA) is 102 Å². The number of nitrogens with one attached hydrogen (secondary N) is 3. The van der Waals surface area contributed by atoms with Gasteiger partial charge in [-0.2, -0.15) is 10.2 Å². The van der Waals surface area contributed by atoms with Crippen LogP contribution >= 0.6 is 35.4 Å². The Morgan fingerprint density at radius 1 is 1.15 bits per heavy atom. The van der Waals surface area contributed by atoms with Crippen molar-refractivity contribution >= 4 is 63.2 Å². The highest BCUT2D eigenvalue weighted by Crippen LogP contribution is 2.23. The minimum absolute atomic E-state index is 0.211. The fourth-order valence-corrected chi connectivity index (χ4v) is 3.92. The number of halogens is 2. The van der Waals surface area contributed by atoms with Crippen molar-refractivity contribution < 1.29 is 4.79 Å². The van der Waals surface area contributed by atoms with Crippen LogP contribution in [0.15, 0.2) is 36.7 Å². The van der Waals surface area contributed by atoms with Gasteiger partial charge in [-0.15, -0.1) is 0 Å². The van der Waals surface area contributed by atoms with Crippen LogP contribution in [0, 0.1) is 13.8 Å². The SMILES string of the molecule is Cc1cc(C(=O)NNC(=S)Nc2cnn(Cc3ccc(Cl)c(Cl)c3)c2)c2c(C)nn(C)c2n1. The second-order valence-corrected chi connectivity index (χ2v) is 8.65. The second kappa shape index (κ2) is 9.34. The molecular formula is C21H20Cl2N8OS. The molecule has 0 unspecified atom stereocenters. The van der Waals surface area contributed by atoms with E-state index in [-0.39, 0.29) is 11.0 Å². The second-order valence-electron chi connectivity index (χ2n) is 7.43. The summed E-state index contributed by atoms with van der Waals surface area (Å²) in [7, 11) is 1.79. The minimum atomic E-state index is -0.346. The summed E-state index contributed by atoms with van der Waals surface area (Å²) in [6, 6.07) is 7.14. The van der Waals surface area contributed by atoms with Crippen molar-refractivity contribution in [3.05, 3.63) is 69.2 Å². The number of rotatable bonds is 4. The van der Waals surface area contributed by atoms with Crippen molar-refractivity contribution in [2.24, 2.45) is 7.05 Å². The Morgan fingerprint density at radius 3 is 2.70 bits per heavy atom. The van der Waals surface area contributed by atoms with Crippen LogP contribution in [0.5, 0.6) is 0 Å². The standard InChI is InChI=1S/C21H20Cl2N8OS/c1-11-6-15(18-12(2)29-30(3)19(18)25-11)20(32)27-28-21(33)26-14-8-24-31(10-14)9-13-4-5-16(22)17(23)7-13/h4-8,10H,9H2,1-3H3,(H,27,32)(H2,26,28,33). The van der Waals surface area contributed by atoms with E-state index in [1.807, 2.05) is 19.9 Å². The number of anilines is 1. The van der Waals surface area contributed by atoms with E-state index in [0.29, 0.717) is 44.6 Å². The number of benzene rings is 1. The Labute approximate surface area is 205 Å². The number of amides is 1. The third-order valence-electron chi connectivity index (χ3n) is 4.85. The van der Waals surface area contributed by atoms with E-state index in [2.05, 4.69) is 31.3 Å². The van der Waals surface area contributed by atoms with Crippen LogP contribution in [-0.2, 0) is 13.6 Å². The van der Waals surface area contributed by atoms with Crippen molar-refractivity contribution in [1.82, 2.24) is 35.4 Å². The molecule has 170 valence electrons. The molecule has 4 aromatic rings. The molecule has 0 aliphatic heterocycles. The molecular weight excluding hydrogens is 483 g/mol. The summed E-state index contributed by atoms with van der Waals surface area (Å²) in [4.78, 5) is 17.3. The van der Waals surface area contributed by atoms with Crippen molar-refractivity contribution in [3.8, 4) is 0 Å². The quantitative estimate of drug-likeness (QED) is 0.288. The minimum Gasteiger partial charge on any atom is -0.329 e. The lowest BCUT2D eigenvalue weighted by molar-refractivity contribution is 0.0945. The summed E-state index contributed by atoms with van der Waals surface area (Å²) in [6.45, 7) is 4.18. The molecule has 0 fully saturated rings. The summed E-state index contributed by atoms with van der Waals surface area (Å²) in [5.74, 6) is -0.346. The maximum atomic E-state index is 12.8. The number of carbonyl (C=O) groups excluding carboxylic acids is 1. The number of pyridine rings is 1. The number of nitrogens with zero attached hydrogens (tertiary/aromatic N) is 5. The molecule has 0 spiro atoms. The molecule has 0 saturated heterocycles. The highest BCUT2D eigenvalue weighted by Gasteiger charge is 2.18. The van der Waals surface area contributed by atoms with Crippen LogP contribution in [-0.4, -0.2) is 35.6 Å². The van der Waals surface area contributed by atoms with Gasteiger partial charge in [-0.3, -0.25) is 25.0 Å². The molecule has 3 N–H and O–H groups in total. The number of fused-ring (bicyclic) bond motifs is 1. The van der Waals surface area contributed by atoms with E-state index in [1.165, 1.54) is 0 Å². The number of thiocarbonyl (C=S) groups is 1. The predicted molar refractivity (Wildman–Crippen MR) is 133 cm³/mol. The first kappa shape index (κ1) is 23.0. The number of hydrogen-bond acceptors (Lipinski definition) is 5. The highest BCUT2D eigenvalue weighted by atomic mass is 35.5. The molecule has 0 radical (unpaired) electrons. The molecule has 3 aromatic heterocycles. The Bertz CT molecular complexity index is 1380. The summed E-state index contributed by atoms with van der Waals surface area (Å²) in [5, 5.41) is 13.5. The van der Waals surface area contributed by atoms with Crippen molar-refractivity contribution in [2.75, 3.05) is 5.32 Å². The Morgan fingerprint density at radius 2 is 1.94 bits per heavy atom. The van der Waals surface area contributed by atoms with E-state index in [0.717, 1.165) is 11.3 Å². The van der Waals surface area contributed by atoms with Crippen LogP contribution < -0.4 is 16.2 Å². The Balaban J connectivity index is 1.38. The molecule has 3 heterocycles. The molecule has 33 heavy (non-hydrogen) atoms. The predicted octanol–water partition coefficient (Wildman–Crippen LogP) is 3.77. The van der Waals surface area contributed by atoms with Gasteiger partial charge in [-0.1, -0.05) is 29.3 Å². The molecule has 9 nitrogen and oxygen atoms in total. The molecule has 12 heteroatoms. The zero-order chi connectivity index (χ0) is 23.7. The highest BCUT2D eigenvalue weighted by molar-refractivity contribution is 7.80. The molecule has 1 amide bonds. The Kier molecular flexibility index (Phi) is 6.50. The lowest BCUT2D eigenvalue weighted by Crippen LogP contribution is -2.43. The van der Waals surface area contributed by atoms with Crippen LogP contribution in [0.1, 0.15) is 27.3 Å². The summed E-state index contributed by atoms with van der Waals surface area (Å²) in [6.07, 6.45) is 3.41. The summed E-state index contributed by atoms with van der Waals surface area (Å²) < 4.78 is 3.38. The molecule has 4 rings (SSSR count). The number of hydrazine groups is 1. The van der Waals surface area contributed by atoms with E-state index in [1.54, 1.807) is 47.0 Å². The van der Waals surface area contributed by atoms with Crippen LogP contribution in [0.25, 0.3) is 11.0 Å². The van der Waals surface area contributed by atoms with Gasteiger partial charge >= 0.3 is 0 Å². The zero-order valence-corrected chi connectivity index (χ0v) is 20.3. The summed E-state index contributed by atoms with van der Waals surface area (Å²) >= 11 is 17.3. The zero-order valence-electron chi connectivity index (χ0n) is 18.0. The van der Waals surface area contributed by atoms with Gasteiger partial charge in [-0.25, -0.2) is 4.98 Å². The monoisotopic (exact) mass is 502 g/mol. The van der Waals surface area contributed by atoms with Gasteiger partial charge < -0.3 is 5.32 Å². The molecule has 0 atom stereocenters. The first-order valence-corrected chi connectivity index (χ1v) is 11.0. The van der Waals surface area contributed by atoms with Gasteiger partial charge in [0.1, 0.15) is 0 Å². The fraction of sp³-hybridized carbons (Fsp3) is 0.190. The van der Waals surface area contributed by atoms with E-state index >= 15 is 0 Å². The average molecular weight is 503 g/mol. The number of aryl methyl sites for hydroxylation is 3. The average Bonchev–Trinajstić information content (AvgIpc) is 3.31. The molecule has 0 saturated carbocycles. The van der Waals surface area contributed by atoms with Crippen molar-refractivity contribution in [2.45, 2.75) is 20.4 Å². The maximum Gasteiger partial charge on any atom is 0.270 e. The lowest BCUT2D eigenvalue weighted by Gasteiger charge is -2.11. The van der Waals surface area contributed by atoms with Gasteiger partial charge in [0.25, 0.3) is 5.91 Å². The first-order chi connectivity index (χ1) is 15.7. The van der Waals surface area contributed by atoms with Gasteiger partial charge in [0, 0.05) is 18.9 Å². The third kappa shape index (κ3) is 5.08. The van der Waals surface area contributed by atoms with E-state index in [9.17, 15) is 4.79 Å². The smallest absolute Gasteiger partial charge is 0.270 e. The van der Waals surface area contributed by atoms with E-state index < -0.39 is 0 Å². The van der Waals surface area contributed by atoms with Crippen LogP contribution in [0.4, 0.5) is 5.69 Å². The van der Waals surface area contributed by atoms with Crippen LogP contribution in [0.3, 0.4) is 0 Å². The molecule has 0 aliphatic rings. The molecule has 0 bridgehead atoms. The number of hydrogen-bond donors (Lipinski definition) is 3. The van der Waals surface area contributed by atoms with E-state index in [4.69, 9.17) is 35.4 Å². The maximum absolute atomic E-state index is 12.8. The normalized spacial score (nSPS) is 10.9. The largest absolute Gasteiger partial charge is 0.329 e. The van der Waals surface area contributed by atoms with Crippen molar-refractivity contribution in [1.29, 1.82) is 0 Å². The van der Waals surface area contributed by atoms with Crippen molar-refractivity contribution in [3.63, 3.8) is 0 Å². The fourth-order valence-electron chi connectivity index (χ4n) is 3.43. The van der Waals surface area contributed by atoms with Gasteiger partial charge in [0.15, 0.2) is 10.8 Å². The lowest BCUT2D eigenvalue weighted by atomic mass is 10.1.